The summed E-state index contributed by atoms with van der Waals surface area (Å²) in [4.78, 5) is 9.06. The van der Waals surface area contributed by atoms with Crippen LogP contribution in [0.4, 0.5) is 8.78 Å². The molecule has 4 nitrogen and oxygen atoms in total. The van der Waals surface area contributed by atoms with Crippen LogP contribution >= 0.6 is 27.3 Å². The molecule has 28 heavy (non-hydrogen) atoms. The third-order valence-electron chi connectivity index (χ3n) is 4.06. The number of hydrogen-bond donors (Lipinski definition) is 1. The number of thiazole rings is 1. The first-order valence-corrected chi connectivity index (χ1v) is 11.4. The van der Waals surface area contributed by atoms with Gasteiger partial charge in [-0.1, -0.05) is 0 Å². The van der Waals surface area contributed by atoms with Crippen LogP contribution in [0.1, 0.15) is 43.0 Å². The van der Waals surface area contributed by atoms with E-state index in [0.717, 1.165) is 15.8 Å². The maximum absolute atomic E-state index is 13.9. The zero-order valence-electron chi connectivity index (χ0n) is 15.8. The molecule has 0 bridgehead atoms. The van der Waals surface area contributed by atoms with Crippen molar-refractivity contribution >= 4 is 48.6 Å². The predicted molar refractivity (Wildman–Crippen MR) is 114 cm³/mol. The Morgan fingerprint density at radius 3 is 2.43 bits per heavy atom. The van der Waals surface area contributed by atoms with Gasteiger partial charge in [0.2, 0.25) is 0 Å². The molecule has 2 heterocycles. The lowest BCUT2D eigenvalue weighted by molar-refractivity contribution is 0.574. The summed E-state index contributed by atoms with van der Waals surface area (Å²) in [6.45, 7) is 7.65. The Morgan fingerprint density at radius 2 is 1.82 bits per heavy atom. The molecule has 2 aromatic heterocycles. The van der Waals surface area contributed by atoms with Crippen LogP contribution in [-0.2, 0) is 11.0 Å². The number of rotatable bonds is 5. The Kier molecular flexibility index (Phi) is 6.29. The Labute approximate surface area is 177 Å². The van der Waals surface area contributed by atoms with E-state index in [1.54, 1.807) is 0 Å². The van der Waals surface area contributed by atoms with Gasteiger partial charge in [0.05, 0.1) is 31.1 Å². The van der Waals surface area contributed by atoms with Crippen LogP contribution in [0.2, 0.25) is 0 Å². The number of pyridine rings is 1. The van der Waals surface area contributed by atoms with Crippen molar-refractivity contribution in [3.8, 4) is 0 Å². The molecule has 0 saturated carbocycles. The topological polar surface area (TPSA) is 54.9 Å². The number of nitrogens with zero attached hydrogens (tertiary/aromatic N) is 2. The maximum Gasteiger partial charge on any atom is 0.170 e. The highest BCUT2D eigenvalue weighted by molar-refractivity contribution is 9.10. The van der Waals surface area contributed by atoms with Crippen LogP contribution in [0.3, 0.4) is 0 Å². The van der Waals surface area contributed by atoms with E-state index in [-0.39, 0.29) is 6.54 Å². The van der Waals surface area contributed by atoms with E-state index in [1.807, 2.05) is 33.8 Å². The minimum atomic E-state index is -1.34. The van der Waals surface area contributed by atoms with Gasteiger partial charge in [-0.05, 0) is 67.4 Å². The molecule has 0 aliphatic heterocycles. The van der Waals surface area contributed by atoms with Crippen molar-refractivity contribution in [3.63, 3.8) is 0 Å². The van der Waals surface area contributed by atoms with Crippen LogP contribution in [0.25, 0.3) is 10.3 Å². The summed E-state index contributed by atoms with van der Waals surface area (Å²) >= 11 is 5.05. The smallest absolute Gasteiger partial charge is 0.170 e. The zero-order valence-corrected chi connectivity index (χ0v) is 19.1. The van der Waals surface area contributed by atoms with Crippen LogP contribution in [0, 0.1) is 18.6 Å². The molecule has 1 unspecified atom stereocenters. The van der Waals surface area contributed by atoms with Gasteiger partial charge in [0, 0.05) is 23.0 Å². The predicted octanol–water partition coefficient (Wildman–Crippen LogP) is 5.22. The summed E-state index contributed by atoms with van der Waals surface area (Å²) in [5.41, 5.74) is 1.58. The summed E-state index contributed by atoms with van der Waals surface area (Å²) in [5.74, 6) is -1.85. The highest BCUT2D eigenvalue weighted by Gasteiger charge is 2.25. The molecular formula is C19H20BrF2N3OS2. The highest BCUT2D eigenvalue weighted by atomic mass is 79.9. The van der Waals surface area contributed by atoms with Gasteiger partial charge in [0.15, 0.2) is 5.65 Å². The first kappa shape index (κ1) is 21.4. The van der Waals surface area contributed by atoms with Crippen molar-refractivity contribution in [3.05, 3.63) is 56.6 Å². The van der Waals surface area contributed by atoms with Gasteiger partial charge >= 0.3 is 0 Å². The fraction of sp³-hybridized carbons (Fsp3) is 0.368. The molecule has 150 valence electrons. The minimum Gasteiger partial charge on any atom is -0.242 e. The van der Waals surface area contributed by atoms with Crippen LogP contribution in [-0.4, -0.2) is 25.5 Å². The molecule has 0 fully saturated rings. The Balaban J connectivity index is 2.07. The molecule has 0 amide bonds. The number of halogens is 3. The van der Waals surface area contributed by atoms with E-state index in [0.29, 0.717) is 21.4 Å². The first-order chi connectivity index (χ1) is 13.0. The third-order valence-corrected chi connectivity index (χ3v) is 7.15. The van der Waals surface area contributed by atoms with Gasteiger partial charge in [-0.3, -0.25) is 0 Å². The highest BCUT2D eigenvalue weighted by Crippen LogP contribution is 2.33. The number of benzene rings is 1. The number of aryl methyl sites for hydroxylation is 1. The van der Waals surface area contributed by atoms with Crippen molar-refractivity contribution in [2.45, 2.75) is 38.4 Å². The van der Waals surface area contributed by atoms with E-state index in [9.17, 15) is 13.0 Å². The van der Waals surface area contributed by atoms with Crippen molar-refractivity contribution in [2.75, 3.05) is 6.54 Å². The van der Waals surface area contributed by atoms with Gasteiger partial charge < -0.3 is 0 Å². The molecule has 0 aliphatic rings. The molecular weight excluding hydrogens is 468 g/mol. The van der Waals surface area contributed by atoms with Gasteiger partial charge in [-0.15, -0.1) is 11.3 Å². The lowest BCUT2D eigenvalue weighted by Crippen LogP contribution is -2.36. The van der Waals surface area contributed by atoms with Crippen LogP contribution in [0.15, 0.2) is 28.7 Å². The maximum atomic E-state index is 13.9. The molecule has 3 aromatic rings. The second kappa shape index (κ2) is 8.22. The second-order valence-corrected chi connectivity index (χ2v) is 11.5. The number of nitrogens with one attached hydrogen (secondary N) is 1. The molecule has 1 aromatic carbocycles. The van der Waals surface area contributed by atoms with Gasteiger partial charge in [0.25, 0.3) is 0 Å². The monoisotopic (exact) mass is 487 g/mol. The molecule has 0 aliphatic carbocycles. The number of hydrogen-bond acceptors (Lipinski definition) is 4. The third kappa shape index (κ3) is 4.82. The summed E-state index contributed by atoms with van der Waals surface area (Å²) in [7, 11) is -1.34. The minimum absolute atomic E-state index is 0.201. The first-order valence-electron chi connectivity index (χ1n) is 8.59. The van der Waals surface area contributed by atoms with E-state index in [2.05, 4.69) is 30.6 Å². The Hall–Kier alpha value is -1.29. The fourth-order valence-electron chi connectivity index (χ4n) is 2.73. The molecule has 0 spiro atoms. The SMILES string of the molecule is Cc1nc2nc([C@@H](CNS(=O)C(C)(C)C)c3cc(F)cc(F)c3)c(Br)cc2s1. The van der Waals surface area contributed by atoms with Crippen molar-refractivity contribution in [1.82, 2.24) is 14.7 Å². The van der Waals surface area contributed by atoms with Gasteiger partial charge in [-0.25, -0.2) is 27.7 Å². The van der Waals surface area contributed by atoms with Crippen molar-refractivity contribution < 1.29 is 13.0 Å². The molecule has 0 saturated heterocycles. The summed E-state index contributed by atoms with van der Waals surface area (Å²) < 4.78 is 44.4. The van der Waals surface area contributed by atoms with E-state index < -0.39 is 33.3 Å². The number of fused-ring (bicyclic) bond motifs is 1. The average molecular weight is 488 g/mol. The number of aromatic nitrogens is 2. The average Bonchev–Trinajstić information content (AvgIpc) is 2.92. The quantitative estimate of drug-likeness (QED) is 0.536. The molecule has 1 N–H and O–H groups in total. The van der Waals surface area contributed by atoms with Crippen LogP contribution < -0.4 is 4.72 Å². The lowest BCUT2D eigenvalue weighted by Gasteiger charge is -2.23. The summed E-state index contributed by atoms with van der Waals surface area (Å²) in [6, 6.07) is 5.29. The molecule has 2 atom stereocenters. The van der Waals surface area contributed by atoms with Gasteiger partial charge in [-0.2, -0.15) is 0 Å². The second-order valence-electron chi connectivity index (χ2n) is 7.39. The zero-order chi connectivity index (χ0) is 20.6. The lowest BCUT2D eigenvalue weighted by atomic mass is 9.95. The molecule has 3 rings (SSSR count). The van der Waals surface area contributed by atoms with Crippen molar-refractivity contribution in [1.29, 1.82) is 0 Å². The van der Waals surface area contributed by atoms with Gasteiger partial charge in [0.1, 0.15) is 11.6 Å². The fourth-order valence-corrected chi connectivity index (χ4v) is 5.04. The standard InChI is InChI=1S/C19H20BrF2N3OS2/c1-10-24-18-16(27-10)8-15(20)17(25-18)14(9-23-28(26)19(2,3)4)11-5-12(21)7-13(22)6-11/h5-8,14,23H,9H2,1-4H3/t14-,28?/m0/s1. The molecule has 9 heteroatoms. The largest absolute Gasteiger partial charge is 0.242 e. The molecule has 0 radical (unpaired) electrons. The van der Waals surface area contributed by atoms with E-state index in [1.165, 1.54) is 23.5 Å². The van der Waals surface area contributed by atoms with E-state index >= 15 is 0 Å². The van der Waals surface area contributed by atoms with E-state index in [4.69, 9.17) is 0 Å². The summed E-state index contributed by atoms with van der Waals surface area (Å²) in [5, 5.41) is 0.881. The van der Waals surface area contributed by atoms with Crippen LogP contribution in [0.5, 0.6) is 0 Å². The summed E-state index contributed by atoms with van der Waals surface area (Å²) in [6.07, 6.45) is 0. The van der Waals surface area contributed by atoms with Crippen molar-refractivity contribution in [2.24, 2.45) is 0 Å². The Bertz CT molecular complexity index is 1030. The Morgan fingerprint density at radius 1 is 1.18 bits per heavy atom. The normalized spacial score (nSPS) is 14.4.